The predicted molar refractivity (Wildman–Crippen MR) is 122 cm³/mol. The van der Waals surface area contributed by atoms with Crippen LogP contribution in [0.25, 0.3) is 10.2 Å². The fraction of sp³-hybridized carbons (Fsp3) is 0.455. The van der Waals surface area contributed by atoms with Gasteiger partial charge in [0.25, 0.3) is 0 Å². The molecule has 0 atom stereocenters. The lowest BCUT2D eigenvalue weighted by atomic mass is 9.91. The minimum atomic E-state index is -0.483. The van der Waals surface area contributed by atoms with Crippen molar-refractivity contribution in [2.75, 3.05) is 28.7 Å². The van der Waals surface area contributed by atoms with Crippen molar-refractivity contribution in [3.8, 4) is 0 Å². The highest BCUT2D eigenvalue weighted by atomic mass is 32.1. The molecule has 30 heavy (non-hydrogen) atoms. The number of rotatable bonds is 3. The summed E-state index contributed by atoms with van der Waals surface area (Å²) in [5.74, 6) is 1.49. The van der Waals surface area contributed by atoms with Crippen LogP contribution >= 0.6 is 11.3 Å². The van der Waals surface area contributed by atoms with Crippen LogP contribution in [0, 0.1) is 5.41 Å². The average molecular weight is 423 g/mol. The highest BCUT2D eigenvalue weighted by Gasteiger charge is 2.41. The van der Waals surface area contributed by atoms with Crippen LogP contribution in [0.5, 0.6) is 0 Å². The van der Waals surface area contributed by atoms with E-state index in [-0.39, 0.29) is 5.91 Å². The first kappa shape index (κ1) is 19.2. The molecule has 7 nitrogen and oxygen atoms in total. The van der Waals surface area contributed by atoms with E-state index in [1.165, 1.54) is 12.8 Å². The maximum absolute atomic E-state index is 13.1. The maximum atomic E-state index is 13.1. The monoisotopic (exact) mass is 422 g/mol. The molecule has 0 bridgehead atoms. The van der Waals surface area contributed by atoms with Crippen LogP contribution in [0.4, 0.5) is 23.1 Å². The summed E-state index contributed by atoms with van der Waals surface area (Å²) in [4.78, 5) is 30.9. The van der Waals surface area contributed by atoms with Gasteiger partial charge in [-0.1, -0.05) is 12.8 Å². The van der Waals surface area contributed by atoms with E-state index in [4.69, 9.17) is 4.98 Å². The van der Waals surface area contributed by atoms with Crippen LogP contribution in [0.1, 0.15) is 39.5 Å². The van der Waals surface area contributed by atoms with Gasteiger partial charge in [0.1, 0.15) is 5.69 Å². The van der Waals surface area contributed by atoms with Crippen molar-refractivity contribution in [3.05, 3.63) is 29.9 Å². The molecule has 1 saturated carbocycles. The van der Waals surface area contributed by atoms with Gasteiger partial charge < -0.3 is 15.1 Å². The quantitative estimate of drug-likeness (QED) is 0.666. The van der Waals surface area contributed by atoms with Gasteiger partial charge in [0.2, 0.25) is 11.9 Å². The Balaban J connectivity index is 1.54. The second-order valence-corrected chi connectivity index (χ2v) is 9.76. The number of anilines is 4. The van der Waals surface area contributed by atoms with E-state index in [1.54, 1.807) is 22.4 Å². The molecule has 1 fully saturated rings. The smallest absolute Gasteiger partial charge is 0.234 e. The number of benzene rings is 1. The minimum Gasteiger partial charge on any atom is -0.351 e. The number of hydrogen-bond donors (Lipinski definition) is 1. The molecule has 1 N–H and O–H groups in total. The van der Waals surface area contributed by atoms with Crippen LogP contribution in [-0.4, -0.2) is 40.5 Å². The summed E-state index contributed by atoms with van der Waals surface area (Å²) >= 11 is 1.61. The van der Waals surface area contributed by atoms with Gasteiger partial charge in [0, 0.05) is 25.3 Å². The summed E-state index contributed by atoms with van der Waals surface area (Å²) in [7, 11) is 1.83. The van der Waals surface area contributed by atoms with Crippen LogP contribution in [0.3, 0.4) is 0 Å². The number of fused-ring (bicyclic) bond motifs is 2. The number of nitrogens with one attached hydrogen (secondary N) is 1. The first-order chi connectivity index (χ1) is 14.4. The summed E-state index contributed by atoms with van der Waals surface area (Å²) in [6.07, 6.45) is 6.51. The van der Waals surface area contributed by atoms with E-state index in [2.05, 4.69) is 26.3 Å². The maximum Gasteiger partial charge on any atom is 0.234 e. The number of nitrogens with zero attached hydrogens (tertiary/aromatic N) is 5. The Bertz CT molecular complexity index is 1100. The SMILES string of the molecule is CN1C(=O)C(C)(C)CN(C2CCCC2)c2nc(Nc3ccc4ncsc4c3)ncc21. The van der Waals surface area contributed by atoms with Gasteiger partial charge in [-0.25, -0.2) is 9.97 Å². The molecule has 0 saturated heterocycles. The van der Waals surface area contributed by atoms with Gasteiger partial charge in [-0.2, -0.15) is 4.98 Å². The Morgan fingerprint density at radius 3 is 2.80 bits per heavy atom. The van der Waals surface area contributed by atoms with Crippen LogP contribution in [-0.2, 0) is 4.79 Å². The van der Waals surface area contributed by atoms with Crippen LogP contribution < -0.4 is 15.1 Å². The van der Waals surface area contributed by atoms with Crippen LogP contribution in [0.2, 0.25) is 0 Å². The minimum absolute atomic E-state index is 0.101. The van der Waals surface area contributed by atoms with Crippen LogP contribution in [0.15, 0.2) is 29.9 Å². The number of aromatic nitrogens is 3. The Morgan fingerprint density at radius 2 is 2.00 bits per heavy atom. The average Bonchev–Trinajstić information content (AvgIpc) is 3.41. The highest BCUT2D eigenvalue weighted by molar-refractivity contribution is 7.16. The lowest BCUT2D eigenvalue weighted by Crippen LogP contribution is -2.45. The first-order valence-electron chi connectivity index (χ1n) is 10.4. The van der Waals surface area contributed by atoms with Crippen molar-refractivity contribution in [3.63, 3.8) is 0 Å². The van der Waals surface area contributed by atoms with Crippen molar-refractivity contribution >= 4 is 50.6 Å². The Kier molecular flexibility index (Phi) is 4.61. The molecule has 3 aromatic rings. The number of carbonyl (C=O) groups is 1. The first-order valence-corrected chi connectivity index (χ1v) is 11.3. The van der Waals surface area contributed by atoms with Crippen molar-refractivity contribution in [1.82, 2.24) is 15.0 Å². The van der Waals surface area contributed by atoms with Crippen molar-refractivity contribution in [2.45, 2.75) is 45.6 Å². The lowest BCUT2D eigenvalue weighted by Gasteiger charge is -2.34. The molecule has 2 aromatic heterocycles. The third kappa shape index (κ3) is 3.29. The molecule has 156 valence electrons. The molecule has 0 radical (unpaired) electrons. The van der Waals surface area contributed by atoms with Gasteiger partial charge in [0.15, 0.2) is 5.82 Å². The topological polar surface area (TPSA) is 74.2 Å². The second-order valence-electron chi connectivity index (χ2n) is 8.88. The van der Waals surface area contributed by atoms with Gasteiger partial charge >= 0.3 is 0 Å². The summed E-state index contributed by atoms with van der Waals surface area (Å²) in [6.45, 7) is 4.71. The van der Waals surface area contributed by atoms with E-state index in [9.17, 15) is 4.79 Å². The fourth-order valence-corrected chi connectivity index (χ4v) is 5.30. The zero-order valence-corrected chi connectivity index (χ0v) is 18.4. The van der Waals surface area contributed by atoms with E-state index in [1.807, 2.05) is 38.5 Å². The molecule has 0 spiro atoms. The van der Waals surface area contributed by atoms with Gasteiger partial charge in [-0.15, -0.1) is 11.3 Å². The summed E-state index contributed by atoms with van der Waals surface area (Å²) in [5.41, 5.74) is 4.06. The summed E-state index contributed by atoms with van der Waals surface area (Å²) in [6, 6.07) is 6.47. The molecule has 1 amide bonds. The van der Waals surface area contributed by atoms with Gasteiger partial charge in [-0.05, 0) is 44.9 Å². The molecular formula is C22H26N6OS. The zero-order chi connectivity index (χ0) is 20.9. The summed E-state index contributed by atoms with van der Waals surface area (Å²) in [5, 5.41) is 3.34. The summed E-state index contributed by atoms with van der Waals surface area (Å²) < 4.78 is 1.12. The number of amides is 1. The van der Waals surface area contributed by atoms with Crippen molar-refractivity contribution in [2.24, 2.45) is 5.41 Å². The fourth-order valence-electron chi connectivity index (χ4n) is 4.59. The van der Waals surface area contributed by atoms with Crippen molar-refractivity contribution in [1.29, 1.82) is 0 Å². The van der Waals surface area contributed by atoms with Gasteiger partial charge in [-0.3, -0.25) is 4.79 Å². The number of hydrogen-bond acceptors (Lipinski definition) is 7. The predicted octanol–water partition coefficient (Wildman–Crippen LogP) is 4.58. The zero-order valence-electron chi connectivity index (χ0n) is 17.6. The lowest BCUT2D eigenvalue weighted by molar-refractivity contribution is -0.125. The Morgan fingerprint density at radius 1 is 1.20 bits per heavy atom. The number of carbonyl (C=O) groups excluding carboxylic acids is 1. The number of thiazole rings is 1. The highest BCUT2D eigenvalue weighted by Crippen LogP contribution is 2.40. The molecule has 1 aliphatic heterocycles. The molecule has 1 aromatic carbocycles. The van der Waals surface area contributed by atoms with Crippen molar-refractivity contribution < 1.29 is 4.79 Å². The second kappa shape index (κ2) is 7.19. The Hall–Kier alpha value is -2.74. The van der Waals surface area contributed by atoms with E-state index >= 15 is 0 Å². The normalized spacial score (nSPS) is 19.2. The molecule has 3 heterocycles. The molecule has 8 heteroatoms. The third-order valence-corrected chi connectivity index (χ3v) is 6.98. The molecule has 0 unspecified atom stereocenters. The molecule has 2 aliphatic rings. The van der Waals surface area contributed by atoms with E-state index < -0.39 is 5.41 Å². The molecule has 1 aliphatic carbocycles. The molecular weight excluding hydrogens is 396 g/mol. The largest absolute Gasteiger partial charge is 0.351 e. The Labute approximate surface area is 180 Å². The third-order valence-electron chi connectivity index (χ3n) is 6.19. The standard InChI is InChI=1S/C22H26N6OS/c1-22(2)12-28(15-6-4-5-7-15)19-17(27(3)20(22)29)11-23-21(26-19)25-14-8-9-16-18(10-14)30-13-24-16/h8-11,13,15H,4-7,12H2,1-3H3,(H,23,25,26). The van der Waals surface area contributed by atoms with Gasteiger partial charge in [0.05, 0.1) is 27.3 Å². The molecule has 5 rings (SSSR count). The van der Waals surface area contributed by atoms with E-state index in [0.717, 1.165) is 40.3 Å². The van der Waals surface area contributed by atoms with E-state index in [0.29, 0.717) is 18.5 Å².